The topological polar surface area (TPSA) is 89.5 Å². The first-order valence-electron chi connectivity index (χ1n) is 7.42. The van der Waals surface area contributed by atoms with Crippen LogP contribution in [0.1, 0.15) is 19.0 Å². The van der Waals surface area contributed by atoms with Crippen LogP contribution in [0, 0.1) is 6.92 Å². The highest BCUT2D eigenvalue weighted by Crippen LogP contribution is 2.36. The van der Waals surface area contributed by atoms with Crippen LogP contribution in [0.15, 0.2) is 23.0 Å². The van der Waals surface area contributed by atoms with Crippen LogP contribution in [0.5, 0.6) is 0 Å². The molecular formula is C14H21F3N6O. The number of aliphatic imine (C=N–C) groups is 1. The Morgan fingerprint density at radius 3 is 2.75 bits per heavy atom. The molecule has 1 unspecified atom stereocenters. The Labute approximate surface area is 137 Å². The Morgan fingerprint density at radius 1 is 1.46 bits per heavy atom. The van der Waals surface area contributed by atoms with Gasteiger partial charge in [-0.25, -0.2) is 4.99 Å². The van der Waals surface area contributed by atoms with Crippen molar-refractivity contribution in [1.29, 1.82) is 0 Å². The van der Waals surface area contributed by atoms with Gasteiger partial charge in [-0.15, -0.1) is 0 Å². The van der Waals surface area contributed by atoms with Gasteiger partial charge in [0.15, 0.2) is 0 Å². The largest absolute Gasteiger partial charge is 0.417 e. The van der Waals surface area contributed by atoms with E-state index in [1.807, 2.05) is 6.92 Å². The third kappa shape index (κ3) is 3.70. The molecule has 0 saturated heterocycles. The molecule has 0 radical (unpaired) electrons. The molecule has 10 heteroatoms. The molecule has 0 aromatic carbocycles. The molecule has 0 aliphatic carbocycles. The third-order valence-corrected chi connectivity index (χ3v) is 3.84. The fraction of sp³-hybridized carbons (Fsp3) is 0.571. The lowest BCUT2D eigenvalue weighted by atomic mass is 9.97. The number of rotatable bonds is 5. The number of nitrogens with two attached hydrogens (primary N) is 1. The number of ether oxygens (including phenoxy) is 1. The van der Waals surface area contributed by atoms with E-state index in [-0.39, 0.29) is 12.4 Å². The normalized spacial score (nSPS) is 21.1. The van der Waals surface area contributed by atoms with E-state index in [0.717, 1.165) is 11.9 Å². The Morgan fingerprint density at radius 2 is 2.17 bits per heavy atom. The summed E-state index contributed by atoms with van der Waals surface area (Å²) in [4.78, 5) is 4.01. The predicted octanol–water partition coefficient (Wildman–Crippen LogP) is 1.72. The SMILES string of the molecule is CCC1(N)N=C(Nc2cnn(CCOC)c2C)NC=C1C(F)(F)F. The van der Waals surface area contributed by atoms with Gasteiger partial charge in [0, 0.05) is 13.3 Å². The highest BCUT2D eigenvalue weighted by molar-refractivity contribution is 5.95. The molecule has 2 rings (SSSR count). The maximum absolute atomic E-state index is 13.1. The Balaban J connectivity index is 2.19. The van der Waals surface area contributed by atoms with E-state index >= 15 is 0 Å². The van der Waals surface area contributed by atoms with Crippen molar-refractivity contribution in [3.63, 3.8) is 0 Å². The lowest BCUT2D eigenvalue weighted by Crippen LogP contribution is -2.51. The minimum atomic E-state index is -4.55. The second kappa shape index (κ2) is 6.81. The molecule has 4 N–H and O–H groups in total. The first-order chi connectivity index (χ1) is 11.2. The van der Waals surface area contributed by atoms with Crippen molar-refractivity contribution in [3.05, 3.63) is 23.7 Å². The molecule has 134 valence electrons. The number of anilines is 1. The molecule has 0 saturated carbocycles. The van der Waals surface area contributed by atoms with E-state index in [1.165, 1.54) is 0 Å². The van der Waals surface area contributed by atoms with Crippen LogP contribution >= 0.6 is 0 Å². The van der Waals surface area contributed by atoms with Gasteiger partial charge in [0.2, 0.25) is 5.96 Å². The summed E-state index contributed by atoms with van der Waals surface area (Å²) in [5.74, 6) is 0.141. The van der Waals surface area contributed by atoms with Gasteiger partial charge in [-0.05, 0) is 13.3 Å². The number of hydrogen-bond acceptors (Lipinski definition) is 6. The summed E-state index contributed by atoms with van der Waals surface area (Å²) < 4.78 is 45.9. The highest BCUT2D eigenvalue weighted by atomic mass is 19.4. The van der Waals surface area contributed by atoms with E-state index < -0.39 is 17.4 Å². The number of methoxy groups -OCH3 is 1. The molecule has 1 aromatic rings. The van der Waals surface area contributed by atoms with Crippen molar-refractivity contribution in [1.82, 2.24) is 15.1 Å². The number of aromatic nitrogens is 2. The second-order valence-electron chi connectivity index (χ2n) is 5.42. The molecule has 0 spiro atoms. The van der Waals surface area contributed by atoms with Gasteiger partial charge >= 0.3 is 6.18 Å². The average molecular weight is 346 g/mol. The second-order valence-corrected chi connectivity index (χ2v) is 5.42. The number of nitrogens with one attached hydrogen (secondary N) is 2. The van der Waals surface area contributed by atoms with Crippen molar-refractivity contribution >= 4 is 11.6 Å². The van der Waals surface area contributed by atoms with E-state index in [4.69, 9.17) is 10.5 Å². The van der Waals surface area contributed by atoms with Gasteiger partial charge in [0.1, 0.15) is 5.66 Å². The first kappa shape index (κ1) is 18.3. The number of hydrogen-bond donors (Lipinski definition) is 3. The predicted molar refractivity (Wildman–Crippen MR) is 84.4 cm³/mol. The molecule has 1 aliphatic rings. The van der Waals surface area contributed by atoms with E-state index in [0.29, 0.717) is 18.8 Å². The summed E-state index contributed by atoms with van der Waals surface area (Å²) in [6.45, 7) is 4.46. The molecule has 24 heavy (non-hydrogen) atoms. The molecule has 0 bridgehead atoms. The van der Waals surface area contributed by atoms with E-state index in [9.17, 15) is 13.2 Å². The molecule has 0 fully saturated rings. The monoisotopic (exact) mass is 346 g/mol. The summed E-state index contributed by atoms with van der Waals surface area (Å²) in [5, 5.41) is 9.63. The molecule has 0 amide bonds. The van der Waals surface area contributed by atoms with E-state index in [2.05, 4.69) is 20.7 Å². The van der Waals surface area contributed by atoms with Crippen molar-refractivity contribution in [2.24, 2.45) is 10.7 Å². The lowest BCUT2D eigenvalue weighted by molar-refractivity contribution is -0.101. The van der Waals surface area contributed by atoms with Gasteiger partial charge in [-0.1, -0.05) is 6.92 Å². The quantitative estimate of drug-likeness (QED) is 0.755. The van der Waals surface area contributed by atoms with Crippen LogP contribution in [-0.2, 0) is 11.3 Å². The first-order valence-corrected chi connectivity index (χ1v) is 7.42. The van der Waals surface area contributed by atoms with Gasteiger partial charge in [0.25, 0.3) is 0 Å². The number of halogens is 3. The minimum Gasteiger partial charge on any atom is -0.383 e. The maximum Gasteiger partial charge on any atom is 0.417 e. The van der Waals surface area contributed by atoms with Crippen molar-refractivity contribution in [3.8, 4) is 0 Å². The smallest absolute Gasteiger partial charge is 0.383 e. The number of guanidine groups is 1. The van der Waals surface area contributed by atoms with Crippen LogP contribution in [0.2, 0.25) is 0 Å². The van der Waals surface area contributed by atoms with Crippen molar-refractivity contribution < 1.29 is 17.9 Å². The zero-order chi connectivity index (χ0) is 18.0. The summed E-state index contributed by atoms with van der Waals surface area (Å²) in [6.07, 6.45) is -2.11. The van der Waals surface area contributed by atoms with Crippen LogP contribution < -0.4 is 16.4 Å². The molecule has 1 aromatic heterocycles. The lowest BCUT2D eigenvalue weighted by Gasteiger charge is -2.32. The Bertz CT molecular complexity index is 651. The van der Waals surface area contributed by atoms with Gasteiger partial charge in [0.05, 0.1) is 36.3 Å². The molecular weight excluding hydrogens is 325 g/mol. The summed E-state index contributed by atoms with van der Waals surface area (Å²) >= 11 is 0. The Kier molecular flexibility index (Phi) is 5.19. The minimum absolute atomic E-state index is 0.0112. The van der Waals surface area contributed by atoms with Crippen molar-refractivity contribution in [2.45, 2.75) is 38.7 Å². The zero-order valence-electron chi connectivity index (χ0n) is 13.7. The van der Waals surface area contributed by atoms with Crippen LogP contribution in [0.3, 0.4) is 0 Å². The van der Waals surface area contributed by atoms with Crippen molar-refractivity contribution in [2.75, 3.05) is 19.0 Å². The standard InChI is InChI=1S/C14H21F3N6O/c1-4-13(18)11(14(15,16)17)8-19-12(22-13)21-10-7-20-23(9(10)2)5-6-24-3/h7-8H,4-6,18H2,1-3H3,(H2,19,21,22). The van der Waals surface area contributed by atoms with Crippen LogP contribution in [0.25, 0.3) is 0 Å². The van der Waals surface area contributed by atoms with Gasteiger partial charge in [-0.2, -0.15) is 18.3 Å². The molecule has 1 atom stereocenters. The highest BCUT2D eigenvalue weighted by Gasteiger charge is 2.47. The average Bonchev–Trinajstić information content (AvgIpc) is 2.84. The summed E-state index contributed by atoms with van der Waals surface area (Å²) in [7, 11) is 1.59. The summed E-state index contributed by atoms with van der Waals surface area (Å²) in [6, 6.07) is 0. The van der Waals surface area contributed by atoms with Gasteiger partial charge < -0.3 is 21.1 Å². The number of nitrogens with zero attached hydrogens (tertiary/aromatic N) is 3. The third-order valence-electron chi connectivity index (χ3n) is 3.84. The van der Waals surface area contributed by atoms with Gasteiger partial charge in [-0.3, -0.25) is 4.68 Å². The zero-order valence-corrected chi connectivity index (χ0v) is 13.7. The Hall–Kier alpha value is -2.07. The van der Waals surface area contributed by atoms with Crippen LogP contribution in [0.4, 0.5) is 18.9 Å². The maximum atomic E-state index is 13.1. The fourth-order valence-corrected chi connectivity index (χ4v) is 2.32. The molecule has 1 aliphatic heterocycles. The number of alkyl halides is 3. The van der Waals surface area contributed by atoms with E-state index in [1.54, 1.807) is 24.9 Å². The summed E-state index contributed by atoms with van der Waals surface area (Å²) in [5.41, 5.74) is 4.55. The molecule has 7 nitrogen and oxygen atoms in total. The van der Waals surface area contributed by atoms with Crippen LogP contribution in [-0.4, -0.2) is 41.3 Å². The molecule has 2 heterocycles. The fourth-order valence-electron chi connectivity index (χ4n) is 2.32.